The largest absolute Gasteiger partial charge is 0.377 e. The predicted octanol–water partition coefficient (Wildman–Crippen LogP) is 0.461. The molecule has 0 spiro atoms. The van der Waals surface area contributed by atoms with Crippen LogP contribution >= 0.6 is 0 Å². The van der Waals surface area contributed by atoms with Gasteiger partial charge in [-0.25, -0.2) is 18.1 Å². The molecule has 1 aromatic heterocycles. The molecule has 0 aliphatic carbocycles. The lowest BCUT2D eigenvalue weighted by Gasteiger charge is -2.28. The second-order valence-corrected chi connectivity index (χ2v) is 8.50. The van der Waals surface area contributed by atoms with Gasteiger partial charge >= 0.3 is 0 Å². The Morgan fingerprint density at radius 2 is 2.26 bits per heavy atom. The number of amides is 1. The zero-order chi connectivity index (χ0) is 18.9. The maximum atomic E-state index is 12.6. The van der Waals surface area contributed by atoms with Crippen molar-refractivity contribution in [1.29, 1.82) is 0 Å². The van der Waals surface area contributed by atoms with E-state index in [0.717, 1.165) is 24.0 Å². The topological polar surface area (TPSA) is 117 Å². The van der Waals surface area contributed by atoms with Gasteiger partial charge in [0.15, 0.2) is 0 Å². The van der Waals surface area contributed by atoms with E-state index in [1.165, 1.54) is 6.33 Å². The molecule has 10 heteroatoms. The number of nitrogens with zero attached hydrogens (tertiary/aromatic N) is 3. The second kappa shape index (κ2) is 7.37. The zero-order valence-electron chi connectivity index (χ0n) is 14.7. The minimum absolute atomic E-state index is 0.0626. The van der Waals surface area contributed by atoms with E-state index in [2.05, 4.69) is 19.9 Å². The number of carbonyl (C=O) groups excluding carboxylic acids is 1. The lowest BCUT2D eigenvalue weighted by molar-refractivity contribution is 0.0722. The van der Waals surface area contributed by atoms with E-state index < -0.39 is 10.0 Å². The molecule has 0 saturated carbocycles. The number of nitrogens with one attached hydrogen (secondary N) is 2. The van der Waals surface area contributed by atoms with E-state index >= 15 is 0 Å². The number of aromatic amines is 1. The molecule has 3 heterocycles. The van der Waals surface area contributed by atoms with Gasteiger partial charge in [-0.2, -0.15) is 5.10 Å². The molecule has 4 rings (SSSR count). The molecule has 2 aliphatic heterocycles. The molecule has 2 N–H and O–H groups in total. The fraction of sp³-hybridized carbons (Fsp3) is 0.471. The third-order valence-corrected chi connectivity index (χ3v) is 6.35. The normalized spacial score (nSPS) is 19.9. The molecule has 2 aliphatic rings. The van der Waals surface area contributed by atoms with Gasteiger partial charge in [0.1, 0.15) is 6.33 Å². The molecule has 1 fully saturated rings. The van der Waals surface area contributed by atoms with Crippen molar-refractivity contribution in [3.8, 4) is 0 Å². The Bertz CT molecular complexity index is 923. The highest BCUT2D eigenvalue weighted by molar-refractivity contribution is 7.89. The maximum Gasteiger partial charge on any atom is 0.291 e. The molecule has 9 nitrogen and oxygen atoms in total. The van der Waals surface area contributed by atoms with E-state index in [0.29, 0.717) is 26.1 Å². The number of sulfonamides is 1. The van der Waals surface area contributed by atoms with Crippen LogP contribution in [0.3, 0.4) is 0 Å². The summed E-state index contributed by atoms with van der Waals surface area (Å²) in [6.07, 6.45) is 3.72. The van der Waals surface area contributed by atoms with Crippen LogP contribution in [0, 0.1) is 0 Å². The summed E-state index contributed by atoms with van der Waals surface area (Å²) in [4.78, 5) is 18.2. The average Bonchev–Trinajstić information content (AvgIpc) is 3.38. The van der Waals surface area contributed by atoms with Gasteiger partial charge in [0.2, 0.25) is 15.8 Å². The van der Waals surface area contributed by atoms with E-state index in [4.69, 9.17) is 4.74 Å². The van der Waals surface area contributed by atoms with Crippen molar-refractivity contribution in [2.45, 2.75) is 36.8 Å². The molecule has 1 saturated heterocycles. The Morgan fingerprint density at radius 3 is 3.00 bits per heavy atom. The van der Waals surface area contributed by atoms with Crippen molar-refractivity contribution < 1.29 is 17.9 Å². The molecule has 1 aromatic carbocycles. The number of H-pyrrole nitrogens is 1. The van der Waals surface area contributed by atoms with Crippen LogP contribution in [-0.4, -0.2) is 60.2 Å². The van der Waals surface area contributed by atoms with Crippen LogP contribution in [-0.2, 0) is 27.7 Å². The number of hydrogen-bond donors (Lipinski definition) is 2. The highest BCUT2D eigenvalue weighted by Gasteiger charge is 2.26. The molecule has 144 valence electrons. The minimum atomic E-state index is -3.62. The van der Waals surface area contributed by atoms with Gasteiger partial charge in [-0.1, -0.05) is 6.07 Å². The molecule has 0 bridgehead atoms. The SMILES string of the molecule is O=C(c1ncn[nH]1)N1CCc2ccc(S(=O)(=O)NC[C@@H]3CCCO3)cc2C1. The second-order valence-electron chi connectivity index (χ2n) is 6.73. The van der Waals surface area contributed by atoms with E-state index in [1.807, 2.05) is 6.07 Å². The van der Waals surface area contributed by atoms with Gasteiger partial charge in [-0.3, -0.25) is 9.89 Å². The van der Waals surface area contributed by atoms with Crippen LogP contribution in [0.2, 0.25) is 0 Å². The quantitative estimate of drug-likeness (QED) is 0.765. The Morgan fingerprint density at radius 1 is 1.37 bits per heavy atom. The standard InChI is InChI=1S/C17H21N5O4S/c23-17(16-18-11-19-21-16)22-6-5-12-3-4-15(8-13(12)10-22)27(24,25)20-9-14-2-1-7-26-14/h3-4,8,11,14,20H,1-2,5-7,9-10H2,(H,18,19,21)/t14-/m0/s1. The van der Waals surface area contributed by atoms with E-state index in [9.17, 15) is 13.2 Å². The molecule has 1 amide bonds. The highest BCUT2D eigenvalue weighted by atomic mass is 32.2. The number of aromatic nitrogens is 3. The summed E-state index contributed by atoms with van der Waals surface area (Å²) in [5.74, 6) is -0.0663. The third kappa shape index (κ3) is 3.87. The summed E-state index contributed by atoms with van der Waals surface area (Å²) in [6, 6.07) is 5.09. The molecular weight excluding hydrogens is 370 g/mol. The van der Waals surface area contributed by atoms with Gasteiger partial charge in [-0.05, 0) is 42.5 Å². The molecule has 2 aromatic rings. The van der Waals surface area contributed by atoms with Gasteiger partial charge in [0, 0.05) is 26.2 Å². The summed E-state index contributed by atoms with van der Waals surface area (Å²) >= 11 is 0. The number of rotatable bonds is 5. The van der Waals surface area contributed by atoms with Crippen LogP contribution in [0.25, 0.3) is 0 Å². The number of ether oxygens (including phenoxy) is 1. The molecule has 0 radical (unpaired) electrons. The molecule has 27 heavy (non-hydrogen) atoms. The summed E-state index contributed by atoms with van der Waals surface area (Å²) in [5.41, 5.74) is 1.88. The Labute approximate surface area is 157 Å². The summed E-state index contributed by atoms with van der Waals surface area (Å²) < 4.78 is 33.3. The smallest absolute Gasteiger partial charge is 0.291 e. The molecule has 0 unspecified atom stereocenters. The van der Waals surface area contributed by atoms with E-state index in [1.54, 1.807) is 17.0 Å². The van der Waals surface area contributed by atoms with Crippen molar-refractivity contribution in [3.05, 3.63) is 41.5 Å². The summed E-state index contributed by atoms with van der Waals surface area (Å²) in [7, 11) is -3.62. The lowest BCUT2D eigenvalue weighted by atomic mass is 10.00. The van der Waals surface area contributed by atoms with Crippen molar-refractivity contribution in [1.82, 2.24) is 24.8 Å². The van der Waals surface area contributed by atoms with Crippen LogP contribution in [0.1, 0.15) is 34.6 Å². The Hall–Kier alpha value is -2.30. The monoisotopic (exact) mass is 391 g/mol. The fourth-order valence-electron chi connectivity index (χ4n) is 3.42. The third-order valence-electron chi connectivity index (χ3n) is 4.93. The van der Waals surface area contributed by atoms with Crippen molar-refractivity contribution in [2.75, 3.05) is 19.7 Å². The van der Waals surface area contributed by atoms with Gasteiger partial charge in [0.05, 0.1) is 11.0 Å². The van der Waals surface area contributed by atoms with E-state index in [-0.39, 0.29) is 29.3 Å². The van der Waals surface area contributed by atoms with Gasteiger partial charge in [0.25, 0.3) is 5.91 Å². The van der Waals surface area contributed by atoms with Crippen LogP contribution < -0.4 is 4.72 Å². The number of carbonyl (C=O) groups is 1. The van der Waals surface area contributed by atoms with Crippen molar-refractivity contribution >= 4 is 15.9 Å². The van der Waals surface area contributed by atoms with Crippen LogP contribution in [0.15, 0.2) is 29.4 Å². The molecular formula is C17H21N5O4S. The Balaban J connectivity index is 1.49. The average molecular weight is 391 g/mol. The van der Waals surface area contributed by atoms with Gasteiger partial charge in [-0.15, -0.1) is 0 Å². The Kier molecular flexibility index (Phi) is 4.94. The summed E-state index contributed by atoms with van der Waals surface area (Å²) in [6.45, 7) is 1.84. The van der Waals surface area contributed by atoms with Gasteiger partial charge < -0.3 is 9.64 Å². The fourth-order valence-corrected chi connectivity index (χ4v) is 4.54. The number of benzene rings is 1. The highest BCUT2D eigenvalue weighted by Crippen LogP contribution is 2.23. The lowest BCUT2D eigenvalue weighted by Crippen LogP contribution is -2.37. The van der Waals surface area contributed by atoms with Crippen LogP contribution in [0.4, 0.5) is 0 Å². The summed E-state index contributed by atoms with van der Waals surface area (Å²) in [5, 5.41) is 6.27. The van der Waals surface area contributed by atoms with Crippen LogP contribution in [0.5, 0.6) is 0 Å². The first-order valence-corrected chi connectivity index (χ1v) is 10.4. The minimum Gasteiger partial charge on any atom is -0.377 e. The number of hydrogen-bond acceptors (Lipinski definition) is 6. The van der Waals surface area contributed by atoms with Crippen molar-refractivity contribution in [2.24, 2.45) is 0 Å². The zero-order valence-corrected chi connectivity index (χ0v) is 15.5. The first-order valence-electron chi connectivity index (χ1n) is 8.90. The predicted molar refractivity (Wildman–Crippen MR) is 95.4 cm³/mol. The first kappa shape index (κ1) is 18.1. The van der Waals surface area contributed by atoms with Crippen molar-refractivity contribution in [3.63, 3.8) is 0 Å². The first-order chi connectivity index (χ1) is 13.0. The number of fused-ring (bicyclic) bond motifs is 1. The molecule has 1 atom stereocenters. The maximum absolute atomic E-state index is 12.6.